The smallest absolute Gasteiger partial charge is 0.338 e. The van der Waals surface area contributed by atoms with Crippen LogP contribution in [0.4, 0.5) is 0 Å². The van der Waals surface area contributed by atoms with Gasteiger partial charge in [0.2, 0.25) is 0 Å². The lowest BCUT2D eigenvalue weighted by atomic mass is 9.53. The van der Waals surface area contributed by atoms with Crippen LogP contribution in [0.3, 0.4) is 0 Å². The number of carbonyl (C=O) groups excluding carboxylic acids is 2. The topological polar surface area (TPSA) is 89.5 Å². The summed E-state index contributed by atoms with van der Waals surface area (Å²) in [7, 11) is -3.31. The Morgan fingerprint density at radius 1 is 1.04 bits per heavy atom. The van der Waals surface area contributed by atoms with Crippen molar-refractivity contribution < 1.29 is 22.7 Å². The van der Waals surface area contributed by atoms with Crippen molar-refractivity contribution in [1.82, 2.24) is 5.32 Å². The minimum absolute atomic E-state index is 0.102. The molecule has 5 rings (SSSR count). The minimum atomic E-state index is -3.31. The quantitative estimate of drug-likeness (QED) is 0.778. The van der Waals surface area contributed by atoms with Crippen LogP contribution in [0, 0.1) is 17.8 Å². The lowest BCUT2D eigenvalue weighted by molar-refractivity contribution is -0.130. The monoisotopic (exact) mass is 391 g/mol. The van der Waals surface area contributed by atoms with E-state index in [1.54, 1.807) is 0 Å². The molecule has 1 aromatic carbocycles. The van der Waals surface area contributed by atoms with Crippen molar-refractivity contribution in [2.75, 3.05) is 12.9 Å². The van der Waals surface area contributed by atoms with Crippen LogP contribution in [0.15, 0.2) is 29.2 Å². The number of carbonyl (C=O) groups is 2. The molecule has 0 radical (unpaired) electrons. The van der Waals surface area contributed by atoms with Gasteiger partial charge in [-0.15, -0.1) is 0 Å². The zero-order valence-corrected chi connectivity index (χ0v) is 16.3. The predicted octanol–water partition coefficient (Wildman–Crippen LogP) is 2.33. The summed E-state index contributed by atoms with van der Waals surface area (Å²) in [6, 6.07) is 5.52. The lowest BCUT2D eigenvalue weighted by Crippen LogP contribution is -2.60. The molecular formula is C20H25NO5S. The van der Waals surface area contributed by atoms with E-state index in [9.17, 15) is 18.0 Å². The molecule has 0 spiro atoms. The first kappa shape index (κ1) is 18.5. The molecule has 0 aromatic heterocycles. The summed E-state index contributed by atoms with van der Waals surface area (Å²) >= 11 is 0. The summed E-state index contributed by atoms with van der Waals surface area (Å²) in [6.45, 7) is -0.311. The summed E-state index contributed by atoms with van der Waals surface area (Å²) in [4.78, 5) is 24.6. The summed E-state index contributed by atoms with van der Waals surface area (Å²) in [5, 5.41) is 3.16. The fourth-order valence-electron chi connectivity index (χ4n) is 5.65. The Balaban J connectivity index is 1.32. The molecule has 27 heavy (non-hydrogen) atoms. The number of rotatable bonds is 5. The molecule has 1 amide bonds. The number of benzene rings is 1. The molecule has 1 aromatic rings. The molecule has 4 fully saturated rings. The van der Waals surface area contributed by atoms with Crippen LogP contribution in [0.25, 0.3) is 0 Å². The SMILES string of the molecule is CS(=O)(=O)c1ccc(C(=O)OCC(=O)NC23CC4CC(CC(C4)C2)C3)cc1. The van der Waals surface area contributed by atoms with Crippen LogP contribution in [0.2, 0.25) is 0 Å². The number of nitrogens with one attached hydrogen (secondary N) is 1. The van der Waals surface area contributed by atoms with Crippen LogP contribution in [0.1, 0.15) is 48.9 Å². The Hall–Kier alpha value is -1.89. The van der Waals surface area contributed by atoms with Gasteiger partial charge in [0.15, 0.2) is 16.4 Å². The van der Waals surface area contributed by atoms with Gasteiger partial charge in [-0.05, 0) is 80.5 Å². The van der Waals surface area contributed by atoms with Crippen molar-refractivity contribution in [3.8, 4) is 0 Å². The Morgan fingerprint density at radius 2 is 1.56 bits per heavy atom. The second-order valence-electron chi connectivity index (χ2n) is 8.62. The van der Waals surface area contributed by atoms with E-state index in [0.29, 0.717) is 0 Å². The molecule has 0 atom stereocenters. The Labute approximate surface area is 159 Å². The average molecular weight is 391 g/mol. The van der Waals surface area contributed by atoms with Crippen molar-refractivity contribution >= 4 is 21.7 Å². The number of amides is 1. The number of ether oxygens (including phenoxy) is 1. The van der Waals surface area contributed by atoms with Gasteiger partial charge in [0.05, 0.1) is 10.5 Å². The highest BCUT2D eigenvalue weighted by Crippen LogP contribution is 2.55. The van der Waals surface area contributed by atoms with Gasteiger partial charge in [0.25, 0.3) is 5.91 Å². The largest absolute Gasteiger partial charge is 0.452 e. The number of sulfone groups is 1. The van der Waals surface area contributed by atoms with E-state index in [1.807, 2.05) is 0 Å². The van der Waals surface area contributed by atoms with E-state index in [-0.39, 0.29) is 28.5 Å². The summed E-state index contributed by atoms with van der Waals surface area (Å²) < 4.78 is 28.1. The van der Waals surface area contributed by atoms with Crippen LogP contribution in [-0.2, 0) is 19.4 Å². The molecule has 4 aliphatic rings. The molecule has 7 heteroatoms. The van der Waals surface area contributed by atoms with E-state index < -0.39 is 15.8 Å². The molecular weight excluding hydrogens is 366 g/mol. The fourth-order valence-corrected chi connectivity index (χ4v) is 6.28. The Bertz CT molecular complexity index is 824. The van der Waals surface area contributed by atoms with Gasteiger partial charge >= 0.3 is 5.97 Å². The van der Waals surface area contributed by atoms with Gasteiger partial charge in [-0.3, -0.25) is 4.79 Å². The van der Waals surface area contributed by atoms with Crippen LogP contribution in [-0.4, -0.2) is 38.7 Å². The molecule has 0 saturated heterocycles. The van der Waals surface area contributed by atoms with Crippen molar-refractivity contribution in [1.29, 1.82) is 0 Å². The number of hydrogen-bond acceptors (Lipinski definition) is 5. The van der Waals surface area contributed by atoms with E-state index >= 15 is 0 Å². The lowest BCUT2D eigenvalue weighted by Gasteiger charge is -2.56. The third-order valence-electron chi connectivity index (χ3n) is 6.30. The maximum Gasteiger partial charge on any atom is 0.338 e. The van der Waals surface area contributed by atoms with Gasteiger partial charge < -0.3 is 10.1 Å². The van der Waals surface area contributed by atoms with E-state index in [0.717, 1.165) is 43.3 Å². The molecule has 4 bridgehead atoms. The molecule has 1 N–H and O–H groups in total. The van der Waals surface area contributed by atoms with Crippen LogP contribution >= 0.6 is 0 Å². The van der Waals surface area contributed by atoms with Crippen molar-refractivity contribution in [2.24, 2.45) is 17.8 Å². The highest BCUT2D eigenvalue weighted by molar-refractivity contribution is 7.90. The first-order valence-corrected chi connectivity index (χ1v) is 11.4. The van der Waals surface area contributed by atoms with Crippen molar-refractivity contribution in [2.45, 2.75) is 49.0 Å². The fraction of sp³-hybridized carbons (Fsp3) is 0.600. The maximum absolute atomic E-state index is 12.4. The molecule has 0 unspecified atom stereocenters. The zero-order chi connectivity index (χ0) is 19.2. The highest BCUT2D eigenvalue weighted by atomic mass is 32.2. The third kappa shape index (κ3) is 3.88. The molecule has 4 saturated carbocycles. The van der Waals surface area contributed by atoms with E-state index in [4.69, 9.17) is 4.74 Å². The summed E-state index contributed by atoms with van der Waals surface area (Å²) in [5.74, 6) is 1.31. The number of hydrogen-bond donors (Lipinski definition) is 1. The maximum atomic E-state index is 12.4. The average Bonchev–Trinajstić information content (AvgIpc) is 2.57. The van der Waals surface area contributed by atoms with Crippen molar-refractivity contribution in [3.63, 3.8) is 0 Å². The molecule has 146 valence electrons. The van der Waals surface area contributed by atoms with Crippen LogP contribution in [0.5, 0.6) is 0 Å². The zero-order valence-electron chi connectivity index (χ0n) is 15.4. The highest BCUT2D eigenvalue weighted by Gasteiger charge is 2.51. The molecule has 0 heterocycles. The predicted molar refractivity (Wildman–Crippen MR) is 98.9 cm³/mol. The van der Waals surface area contributed by atoms with E-state index in [2.05, 4.69) is 5.32 Å². The first-order valence-electron chi connectivity index (χ1n) is 9.51. The normalized spacial score (nSPS) is 31.5. The summed E-state index contributed by atoms with van der Waals surface area (Å²) in [6.07, 6.45) is 8.15. The first-order chi connectivity index (χ1) is 12.7. The minimum Gasteiger partial charge on any atom is -0.452 e. The Morgan fingerprint density at radius 3 is 2.04 bits per heavy atom. The summed E-state index contributed by atoms with van der Waals surface area (Å²) in [5.41, 5.74) is 0.125. The third-order valence-corrected chi connectivity index (χ3v) is 7.42. The van der Waals surface area contributed by atoms with E-state index in [1.165, 1.54) is 43.5 Å². The van der Waals surface area contributed by atoms with Gasteiger partial charge in [-0.2, -0.15) is 0 Å². The van der Waals surface area contributed by atoms with Gasteiger partial charge in [0.1, 0.15) is 0 Å². The van der Waals surface area contributed by atoms with Gasteiger partial charge in [-0.1, -0.05) is 0 Å². The second-order valence-corrected chi connectivity index (χ2v) is 10.6. The number of esters is 1. The standard InChI is InChI=1S/C20H25NO5S/c1-27(24,25)17-4-2-16(3-5-17)19(23)26-12-18(22)21-20-9-13-6-14(10-20)8-15(7-13)11-20/h2-5,13-15H,6-12H2,1H3,(H,21,22). The van der Waals surface area contributed by atoms with Crippen LogP contribution < -0.4 is 5.32 Å². The molecule has 4 aliphatic carbocycles. The second kappa shape index (κ2) is 6.62. The molecule has 0 aliphatic heterocycles. The Kier molecular flexibility index (Phi) is 4.53. The van der Waals surface area contributed by atoms with Gasteiger partial charge in [-0.25, -0.2) is 13.2 Å². The van der Waals surface area contributed by atoms with Crippen molar-refractivity contribution in [3.05, 3.63) is 29.8 Å². The molecule has 6 nitrogen and oxygen atoms in total. The van der Waals surface area contributed by atoms with Gasteiger partial charge in [0, 0.05) is 11.8 Å².